The van der Waals surface area contributed by atoms with Gasteiger partial charge >= 0.3 is 0 Å². The summed E-state index contributed by atoms with van der Waals surface area (Å²) in [5.41, 5.74) is 1.06. The smallest absolute Gasteiger partial charge is 0.0714 e. The summed E-state index contributed by atoms with van der Waals surface area (Å²) in [6, 6.07) is 8.27. The first-order chi connectivity index (χ1) is 7.86. The van der Waals surface area contributed by atoms with E-state index in [-0.39, 0.29) is 0 Å². The lowest BCUT2D eigenvalue weighted by Gasteiger charge is -2.09. The third-order valence-electron chi connectivity index (χ3n) is 2.26. The molecule has 1 heterocycles. The summed E-state index contributed by atoms with van der Waals surface area (Å²) in [5, 5.41) is 1.24. The maximum absolute atomic E-state index is 4.46. The monoisotopic (exact) mass is 247 g/mol. The second-order valence-corrected chi connectivity index (χ2v) is 5.15. The Kier molecular flexibility index (Phi) is 3.91. The molecule has 0 fully saturated rings. The minimum absolute atomic E-state index is 0.932. The van der Waals surface area contributed by atoms with E-state index >= 15 is 0 Å². The lowest BCUT2D eigenvalue weighted by Crippen LogP contribution is -1.86. The Morgan fingerprint density at radius 2 is 2.19 bits per heavy atom. The van der Waals surface area contributed by atoms with E-state index < -0.39 is 0 Å². The third-order valence-corrected chi connectivity index (χ3v) is 4.27. The molecule has 0 aliphatic rings. The number of pyridine rings is 1. The highest BCUT2D eigenvalue weighted by atomic mass is 32.2. The van der Waals surface area contributed by atoms with Crippen LogP contribution in [0.2, 0.25) is 0 Å². The normalized spacial score (nSPS) is 10.6. The van der Waals surface area contributed by atoms with Crippen molar-refractivity contribution in [2.24, 2.45) is 0 Å². The molecule has 2 rings (SSSR count). The molecule has 0 amide bonds. The molecular weight excluding hydrogens is 234 g/mol. The van der Waals surface area contributed by atoms with E-state index in [9.17, 15) is 0 Å². The van der Waals surface area contributed by atoms with Gasteiger partial charge in [-0.3, -0.25) is 4.98 Å². The Morgan fingerprint density at radius 1 is 1.38 bits per heavy atom. The van der Waals surface area contributed by atoms with Crippen LogP contribution in [-0.2, 0) is 0 Å². The fourth-order valence-electron chi connectivity index (χ4n) is 1.53. The molecule has 1 nitrogen and oxygen atoms in total. The number of rotatable bonds is 4. The second kappa shape index (κ2) is 5.41. The van der Waals surface area contributed by atoms with Gasteiger partial charge < -0.3 is 0 Å². The zero-order chi connectivity index (χ0) is 11.4. The molecule has 3 heteroatoms. The number of hydrogen-bond acceptors (Lipinski definition) is 3. The highest BCUT2D eigenvalue weighted by Crippen LogP contribution is 2.34. The maximum atomic E-state index is 4.46. The highest BCUT2D eigenvalue weighted by Gasteiger charge is 2.07. The summed E-state index contributed by atoms with van der Waals surface area (Å²) >= 11 is 3.57. The summed E-state index contributed by atoms with van der Waals surface area (Å²) in [6.07, 6.45) is 5.98. The van der Waals surface area contributed by atoms with Gasteiger partial charge in [0, 0.05) is 27.1 Å². The summed E-state index contributed by atoms with van der Waals surface area (Å²) in [5.74, 6) is 0.932. The quantitative estimate of drug-likeness (QED) is 0.592. The van der Waals surface area contributed by atoms with Crippen LogP contribution >= 0.6 is 23.5 Å². The molecule has 1 aromatic heterocycles. The van der Waals surface area contributed by atoms with Crippen molar-refractivity contribution >= 4 is 34.4 Å². The molecule has 1 aromatic carbocycles. The Morgan fingerprint density at radius 3 is 2.94 bits per heavy atom. The first kappa shape index (κ1) is 11.6. The van der Waals surface area contributed by atoms with Crippen LogP contribution in [0, 0.1) is 0 Å². The standard InChI is InChI=1S/C13H13NS2/c1-3-8-16-13-10-6-4-5-7-11(10)14-9-12(13)15-2/h3-7,9H,1,8H2,2H3. The number of nitrogens with zero attached hydrogens (tertiary/aromatic N) is 1. The van der Waals surface area contributed by atoms with Crippen LogP contribution in [0.3, 0.4) is 0 Å². The summed E-state index contributed by atoms with van der Waals surface area (Å²) in [7, 11) is 0. The molecule has 0 saturated heterocycles. The molecule has 0 saturated carbocycles. The largest absolute Gasteiger partial charge is 0.255 e. The molecule has 0 aliphatic heterocycles. The van der Waals surface area contributed by atoms with E-state index in [0.717, 1.165) is 11.3 Å². The van der Waals surface area contributed by atoms with Crippen LogP contribution in [0.5, 0.6) is 0 Å². The van der Waals surface area contributed by atoms with Crippen molar-refractivity contribution < 1.29 is 0 Å². The lowest BCUT2D eigenvalue weighted by molar-refractivity contribution is 1.20. The van der Waals surface area contributed by atoms with E-state index in [1.165, 1.54) is 15.2 Å². The van der Waals surface area contributed by atoms with Crippen LogP contribution in [0.25, 0.3) is 10.9 Å². The first-order valence-electron chi connectivity index (χ1n) is 5.02. The molecule has 0 radical (unpaired) electrons. The summed E-state index contributed by atoms with van der Waals surface area (Å²) in [6.45, 7) is 3.77. The zero-order valence-corrected chi connectivity index (χ0v) is 10.8. The van der Waals surface area contributed by atoms with Gasteiger partial charge in [0.2, 0.25) is 0 Å². The summed E-state index contributed by atoms with van der Waals surface area (Å²) < 4.78 is 0. The minimum atomic E-state index is 0.932. The fraction of sp³-hybridized carbons (Fsp3) is 0.154. The van der Waals surface area contributed by atoms with Crippen molar-refractivity contribution in [1.29, 1.82) is 0 Å². The topological polar surface area (TPSA) is 12.9 Å². The molecule has 0 spiro atoms. The van der Waals surface area contributed by atoms with Gasteiger partial charge in [-0.05, 0) is 12.3 Å². The average Bonchev–Trinajstić information content (AvgIpc) is 2.35. The van der Waals surface area contributed by atoms with Gasteiger partial charge in [-0.2, -0.15) is 0 Å². The molecular formula is C13H13NS2. The SMILES string of the molecule is C=CCSc1c(SC)cnc2ccccc12. The number of hydrogen-bond donors (Lipinski definition) is 0. The number of fused-ring (bicyclic) bond motifs is 1. The Labute approximate surface area is 104 Å². The van der Waals surface area contributed by atoms with Gasteiger partial charge in [0.15, 0.2) is 0 Å². The summed E-state index contributed by atoms with van der Waals surface area (Å²) in [4.78, 5) is 7.02. The fourth-order valence-corrected chi connectivity index (χ4v) is 3.22. The average molecular weight is 247 g/mol. The number of benzene rings is 1. The van der Waals surface area contributed by atoms with Crippen molar-refractivity contribution in [1.82, 2.24) is 4.98 Å². The van der Waals surface area contributed by atoms with Crippen LogP contribution in [-0.4, -0.2) is 17.0 Å². The highest BCUT2D eigenvalue weighted by molar-refractivity contribution is 8.02. The maximum Gasteiger partial charge on any atom is 0.0714 e. The molecule has 82 valence electrons. The van der Waals surface area contributed by atoms with Gasteiger partial charge in [-0.1, -0.05) is 24.3 Å². The van der Waals surface area contributed by atoms with Gasteiger partial charge in [0.25, 0.3) is 0 Å². The molecule has 0 atom stereocenters. The van der Waals surface area contributed by atoms with Crippen LogP contribution in [0.4, 0.5) is 0 Å². The molecule has 16 heavy (non-hydrogen) atoms. The predicted molar refractivity (Wildman–Crippen MR) is 74.4 cm³/mol. The van der Waals surface area contributed by atoms with Crippen LogP contribution in [0.1, 0.15) is 0 Å². The van der Waals surface area contributed by atoms with Crippen molar-refractivity contribution in [2.45, 2.75) is 9.79 Å². The molecule has 0 aliphatic carbocycles. The van der Waals surface area contributed by atoms with Gasteiger partial charge in [-0.25, -0.2) is 0 Å². The zero-order valence-electron chi connectivity index (χ0n) is 9.14. The third kappa shape index (κ3) is 2.25. The predicted octanol–water partition coefficient (Wildman–Crippen LogP) is 4.23. The van der Waals surface area contributed by atoms with Crippen molar-refractivity contribution in [3.05, 3.63) is 43.1 Å². The van der Waals surface area contributed by atoms with Crippen molar-refractivity contribution in [3.63, 3.8) is 0 Å². The minimum Gasteiger partial charge on any atom is -0.255 e. The van der Waals surface area contributed by atoms with Crippen molar-refractivity contribution in [3.8, 4) is 0 Å². The Hall–Kier alpha value is -0.930. The van der Waals surface area contributed by atoms with Crippen LogP contribution < -0.4 is 0 Å². The van der Waals surface area contributed by atoms with Gasteiger partial charge in [-0.15, -0.1) is 30.1 Å². The van der Waals surface area contributed by atoms with Gasteiger partial charge in [0.05, 0.1) is 5.52 Å². The molecule has 0 bridgehead atoms. The van der Waals surface area contributed by atoms with E-state index in [1.54, 1.807) is 11.8 Å². The van der Waals surface area contributed by atoms with E-state index in [0.29, 0.717) is 0 Å². The molecule has 0 unspecified atom stereocenters. The number of para-hydroxylation sites is 1. The Balaban J connectivity index is 2.58. The molecule has 0 N–H and O–H groups in total. The van der Waals surface area contributed by atoms with Crippen molar-refractivity contribution in [2.75, 3.05) is 12.0 Å². The second-order valence-electron chi connectivity index (χ2n) is 3.27. The van der Waals surface area contributed by atoms with E-state index in [1.807, 2.05) is 30.1 Å². The van der Waals surface area contributed by atoms with E-state index in [4.69, 9.17) is 0 Å². The van der Waals surface area contributed by atoms with Gasteiger partial charge in [0.1, 0.15) is 0 Å². The van der Waals surface area contributed by atoms with Crippen LogP contribution in [0.15, 0.2) is 52.9 Å². The molecule has 2 aromatic rings. The first-order valence-corrected chi connectivity index (χ1v) is 7.23. The number of thioether (sulfide) groups is 2. The number of aromatic nitrogens is 1. The van der Waals surface area contributed by atoms with E-state index in [2.05, 4.69) is 36.0 Å². The Bertz CT molecular complexity index is 508. The lowest BCUT2D eigenvalue weighted by atomic mass is 10.2.